The molecule has 0 bridgehead atoms. The van der Waals surface area contributed by atoms with Crippen molar-refractivity contribution < 1.29 is 5.11 Å². The number of H-pyrrole nitrogens is 1. The topological polar surface area (TPSA) is 52.2 Å². The Kier molecular flexibility index (Phi) is 3.04. The van der Waals surface area contributed by atoms with E-state index in [4.69, 9.17) is 0 Å². The lowest BCUT2D eigenvalue weighted by atomic mass is 9.89. The number of aromatic nitrogens is 2. The van der Waals surface area contributed by atoms with Crippen molar-refractivity contribution >= 4 is 0 Å². The summed E-state index contributed by atoms with van der Waals surface area (Å²) in [5.41, 5.74) is 2.56. The van der Waals surface area contributed by atoms with Crippen LogP contribution in [0.1, 0.15) is 38.4 Å². The van der Waals surface area contributed by atoms with E-state index in [1.54, 1.807) is 0 Å². The van der Waals surface area contributed by atoms with Gasteiger partial charge in [0, 0.05) is 36.3 Å². The Labute approximate surface area is 96.7 Å². The molecule has 0 amide bonds. The molecular formula is C12H21N3O. The van der Waals surface area contributed by atoms with Crippen molar-refractivity contribution in [1.29, 1.82) is 0 Å². The van der Waals surface area contributed by atoms with Crippen molar-refractivity contribution in [3.05, 3.63) is 17.5 Å². The lowest BCUT2D eigenvalue weighted by molar-refractivity contribution is 0.174. The van der Waals surface area contributed by atoms with Crippen LogP contribution in [0.3, 0.4) is 0 Å². The van der Waals surface area contributed by atoms with Gasteiger partial charge in [0.05, 0.1) is 12.3 Å². The van der Waals surface area contributed by atoms with Gasteiger partial charge in [-0.15, -0.1) is 0 Å². The van der Waals surface area contributed by atoms with Crippen molar-refractivity contribution in [2.75, 3.05) is 13.1 Å². The summed E-state index contributed by atoms with van der Waals surface area (Å²) < 4.78 is 0. The Balaban J connectivity index is 2.07. The van der Waals surface area contributed by atoms with E-state index in [0.29, 0.717) is 0 Å². The molecule has 1 aromatic heterocycles. The molecule has 1 aliphatic heterocycles. The average Bonchev–Trinajstić information content (AvgIpc) is 2.74. The van der Waals surface area contributed by atoms with E-state index in [0.717, 1.165) is 26.1 Å². The van der Waals surface area contributed by atoms with Crippen LogP contribution < -0.4 is 0 Å². The molecule has 16 heavy (non-hydrogen) atoms. The fourth-order valence-corrected chi connectivity index (χ4v) is 2.28. The van der Waals surface area contributed by atoms with E-state index in [9.17, 15) is 5.11 Å². The Hall–Kier alpha value is -0.870. The van der Waals surface area contributed by atoms with Crippen LogP contribution in [0.15, 0.2) is 6.20 Å². The Morgan fingerprint density at radius 2 is 2.31 bits per heavy atom. The van der Waals surface area contributed by atoms with Crippen LogP contribution in [0.4, 0.5) is 0 Å². The lowest BCUT2D eigenvalue weighted by Crippen LogP contribution is -2.23. The molecule has 2 rings (SSSR count). The zero-order chi connectivity index (χ0) is 11.8. The molecule has 4 nitrogen and oxygen atoms in total. The van der Waals surface area contributed by atoms with Gasteiger partial charge in [0.2, 0.25) is 0 Å². The van der Waals surface area contributed by atoms with Gasteiger partial charge in [0.25, 0.3) is 0 Å². The summed E-state index contributed by atoms with van der Waals surface area (Å²) in [6.07, 6.45) is 2.65. The van der Waals surface area contributed by atoms with Gasteiger partial charge in [-0.25, -0.2) is 0 Å². The minimum absolute atomic E-state index is 0.101. The van der Waals surface area contributed by atoms with Crippen LogP contribution in [0, 0.1) is 0 Å². The quantitative estimate of drug-likeness (QED) is 0.794. The van der Waals surface area contributed by atoms with Crippen LogP contribution in [-0.2, 0) is 12.0 Å². The Morgan fingerprint density at radius 3 is 2.88 bits per heavy atom. The van der Waals surface area contributed by atoms with Gasteiger partial charge in [0.15, 0.2) is 0 Å². The zero-order valence-electron chi connectivity index (χ0n) is 10.3. The summed E-state index contributed by atoms with van der Waals surface area (Å²) in [6, 6.07) is 0. The van der Waals surface area contributed by atoms with Gasteiger partial charge in [-0.3, -0.25) is 10.00 Å². The first-order chi connectivity index (χ1) is 7.47. The van der Waals surface area contributed by atoms with Gasteiger partial charge < -0.3 is 5.11 Å². The van der Waals surface area contributed by atoms with Crippen molar-refractivity contribution in [2.24, 2.45) is 0 Å². The number of aliphatic hydroxyl groups is 1. The maximum Gasteiger partial charge on any atom is 0.0679 e. The van der Waals surface area contributed by atoms with Gasteiger partial charge >= 0.3 is 0 Å². The monoisotopic (exact) mass is 223 g/mol. The summed E-state index contributed by atoms with van der Waals surface area (Å²) >= 11 is 0. The number of likely N-dealkylation sites (tertiary alicyclic amines) is 1. The maximum absolute atomic E-state index is 9.49. The number of aliphatic hydroxyl groups excluding tert-OH is 1. The molecule has 90 valence electrons. The molecule has 2 heterocycles. The average molecular weight is 223 g/mol. The Morgan fingerprint density at radius 1 is 1.56 bits per heavy atom. The number of rotatable bonds is 2. The SMILES string of the molecule is CC(C)(C)c1[nH]ncc1CN1CC[C@@H](O)C1. The van der Waals surface area contributed by atoms with E-state index in [1.165, 1.54) is 11.3 Å². The molecule has 0 aliphatic carbocycles. The molecule has 0 spiro atoms. The highest BCUT2D eigenvalue weighted by molar-refractivity contribution is 5.23. The van der Waals surface area contributed by atoms with Gasteiger partial charge in [-0.1, -0.05) is 20.8 Å². The van der Waals surface area contributed by atoms with Crippen molar-refractivity contribution in [3.63, 3.8) is 0 Å². The predicted molar refractivity (Wildman–Crippen MR) is 63.2 cm³/mol. The first-order valence-corrected chi connectivity index (χ1v) is 5.90. The van der Waals surface area contributed by atoms with Crippen molar-refractivity contribution in [2.45, 2.75) is 45.3 Å². The number of β-amino-alcohol motifs (C(OH)–C–C–N with tert-alkyl or cyclic N) is 1. The number of aromatic amines is 1. The van der Waals surface area contributed by atoms with E-state index in [1.807, 2.05) is 6.20 Å². The van der Waals surface area contributed by atoms with Crippen molar-refractivity contribution in [3.8, 4) is 0 Å². The number of hydrogen-bond acceptors (Lipinski definition) is 3. The molecule has 1 aromatic rings. The van der Waals surface area contributed by atoms with Crippen LogP contribution in [0.25, 0.3) is 0 Å². The van der Waals surface area contributed by atoms with Crippen LogP contribution in [-0.4, -0.2) is 39.4 Å². The minimum atomic E-state index is -0.148. The summed E-state index contributed by atoms with van der Waals surface area (Å²) in [5.74, 6) is 0. The molecule has 0 radical (unpaired) electrons. The van der Waals surface area contributed by atoms with Crippen LogP contribution in [0.5, 0.6) is 0 Å². The van der Waals surface area contributed by atoms with E-state index in [-0.39, 0.29) is 11.5 Å². The standard InChI is InChI=1S/C12H21N3O/c1-12(2,3)11-9(6-13-14-11)7-15-5-4-10(16)8-15/h6,10,16H,4-5,7-8H2,1-3H3,(H,13,14)/t10-/m1/s1. The molecular weight excluding hydrogens is 202 g/mol. The van der Waals surface area contributed by atoms with E-state index >= 15 is 0 Å². The third-order valence-electron chi connectivity index (χ3n) is 3.11. The lowest BCUT2D eigenvalue weighted by Gasteiger charge is -2.21. The first-order valence-electron chi connectivity index (χ1n) is 5.90. The second kappa shape index (κ2) is 4.18. The molecule has 1 aliphatic rings. The van der Waals surface area contributed by atoms with Crippen molar-refractivity contribution in [1.82, 2.24) is 15.1 Å². The fraction of sp³-hybridized carbons (Fsp3) is 0.750. The molecule has 0 aromatic carbocycles. The van der Waals surface area contributed by atoms with Gasteiger partial charge in [-0.2, -0.15) is 5.10 Å². The highest BCUT2D eigenvalue weighted by atomic mass is 16.3. The van der Waals surface area contributed by atoms with Gasteiger partial charge in [-0.05, 0) is 6.42 Å². The van der Waals surface area contributed by atoms with Gasteiger partial charge in [0.1, 0.15) is 0 Å². The molecule has 1 saturated heterocycles. The maximum atomic E-state index is 9.49. The fourth-order valence-electron chi connectivity index (χ4n) is 2.28. The van der Waals surface area contributed by atoms with E-state index in [2.05, 4.69) is 35.9 Å². The summed E-state index contributed by atoms with van der Waals surface area (Å²) in [6.45, 7) is 9.21. The second-order valence-corrected chi connectivity index (χ2v) is 5.70. The molecule has 1 atom stereocenters. The molecule has 1 fully saturated rings. The number of hydrogen-bond donors (Lipinski definition) is 2. The minimum Gasteiger partial charge on any atom is -0.392 e. The molecule has 2 N–H and O–H groups in total. The van der Waals surface area contributed by atoms with Crippen LogP contribution in [0.2, 0.25) is 0 Å². The summed E-state index contributed by atoms with van der Waals surface area (Å²) in [7, 11) is 0. The summed E-state index contributed by atoms with van der Waals surface area (Å²) in [4.78, 5) is 2.28. The summed E-state index contributed by atoms with van der Waals surface area (Å²) in [5, 5.41) is 16.7. The predicted octanol–water partition coefficient (Wildman–Crippen LogP) is 1.27. The largest absolute Gasteiger partial charge is 0.392 e. The molecule has 0 unspecified atom stereocenters. The highest BCUT2D eigenvalue weighted by Crippen LogP contribution is 2.25. The van der Waals surface area contributed by atoms with E-state index < -0.39 is 0 Å². The third-order valence-corrected chi connectivity index (χ3v) is 3.11. The third kappa shape index (κ3) is 2.44. The number of nitrogens with zero attached hydrogens (tertiary/aromatic N) is 2. The normalized spacial score (nSPS) is 22.9. The first kappa shape index (κ1) is 11.6. The highest BCUT2D eigenvalue weighted by Gasteiger charge is 2.24. The number of nitrogens with one attached hydrogen (secondary N) is 1. The molecule has 0 saturated carbocycles. The molecule has 4 heteroatoms. The Bertz CT molecular complexity index is 353. The second-order valence-electron chi connectivity index (χ2n) is 5.70. The smallest absolute Gasteiger partial charge is 0.0679 e. The zero-order valence-corrected chi connectivity index (χ0v) is 10.3. The van der Waals surface area contributed by atoms with Crippen LogP contribution >= 0.6 is 0 Å².